The number of nitrogens with zero attached hydrogens (tertiary/aromatic N) is 1. The Bertz CT molecular complexity index is 858. The highest BCUT2D eigenvalue weighted by atomic mass is 35.5. The zero-order valence-electron chi connectivity index (χ0n) is 20.3. The third-order valence-corrected chi connectivity index (χ3v) is 6.54. The minimum Gasteiger partial charge on any atom is -0.464 e. The van der Waals surface area contributed by atoms with Crippen molar-refractivity contribution < 1.29 is 24.2 Å². The number of esters is 1. The smallest absolute Gasteiger partial charge is 0.328 e. The Morgan fingerprint density at radius 1 is 1.15 bits per heavy atom. The van der Waals surface area contributed by atoms with Gasteiger partial charge in [-0.2, -0.15) is 0 Å². The van der Waals surface area contributed by atoms with Gasteiger partial charge in [0.2, 0.25) is 5.91 Å². The average molecular weight is 482 g/mol. The predicted octanol–water partition coefficient (Wildman–Crippen LogP) is 3.06. The number of urea groups is 1. The number of aliphatic hydroxyl groups is 1. The Morgan fingerprint density at radius 3 is 2.27 bits per heavy atom. The highest BCUT2D eigenvalue weighted by Gasteiger charge is 2.50. The molecule has 2 unspecified atom stereocenters. The summed E-state index contributed by atoms with van der Waals surface area (Å²) in [5.74, 6) is -0.948. The molecule has 1 aromatic rings. The van der Waals surface area contributed by atoms with E-state index in [4.69, 9.17) is 16.3 Å². The number of benzene rings is 1. The van der Waals surface area contributed by atoms with Gasteiger partial charge in [-0.3, -0.25) is 4.79 Å². The number of hydrogen-bond donors (Lipinski definition) is 3. The quantitative estimate of drug-likeness (QED) is 0.519. The Hall–Kier alpha value is -2.32. The van der Waals surface area contributed by atoms with Gasteiger partial charge in [-0.1, -0.05) is 51.4 Å². The molecule has 8 nitrogen and oxygen atoms in total. The lowest BCUT2D eigenvalue weighted by Gasteiger charge is -2.51. The van der Waals surface area contributed by atoms with Crippen LogP contribution in [0.1, 0.15) is 53.5 Å². The maximum Gasteiger partial charge on any atom is 0.328 e. The lowest BCUT2D eigenvalue weighted by molar-refractivity contribution is -0.155. The standard InChI is InChI=1S/C24H36ClN3O5/c1-7-33-21(30)16(4)26-22(31)27-19(15(2)3)20(29)28-13-12-24(32,23(5,6)14-28)17-8-10-18(25)11-9-17/h8-11,15-16,19,32H,7,12-14H2,1-6H3,(H2,26,27,31)/t16?,19-,24?/m1/s1. The van der Waals surface area contributed by atoms with Crippen LogP contribution in [0, 0.1) is 11.3 Å². The first-order valence-electron chi connectivity index (χ1n) is 11.3. The van der Waals surface area contributed by atoms with Gasteiger partial charge < -0.3 is 25.4 Å². The molecule has 33 heavy (non-hydrogen) atoms. The summed E-state index contributed by atoms with van der Waals surface area (Å²) in [6.45, 7) is 11.6. The molecule has 0 saturated carbocycles. The summed E-state index contributed by atoms with van der Waals surface area (Å²) in [7, 11) is 0. The number of nitrogens with one attached hydrogen (secondary N) is 2. The van der Waals surface area contributed by atoms with Crippen molar-refractivity contribution in [1.82, 2.24) is 15.5 Å². The number of amides is 3. The Labute approximate surface area is 201 Å². The number of hydrogen-bond acceptors (Lipinski definition) is 5. The Kier molecular flexibility index (Phi) is 8.76. The zero-order valence-corrected chi connectivity index (χ0v) is 21.0. The molecule has 1 saturated heterocycles. The molecule has 0 bridgehead atoms. The van der Waals surface area contributed by atoms with Crippen LogP contribution in [0.15, 0.2) is 24.3 Å². The highest BCUT2D eigenvalue weighted by molar-refractivity contribution is 6.30. The van der Waals surface area contributed by atoms with Crippen molar-refractivity contribution in [3.63, 3.8) is 0 Å². The maximum atomic E-state index is 13.4. The molecule has 1 aliphatic rings. The largest absolute Gasteiger partial charge is 0.464 e. The van der Waals surface area contributed by atoms with E-state index in [9.17, 15) is 19.5 Å². The SMILES string of the molecule is CCOC(=O)C(C)NC(=O)N[C@@H](C(=O)N1CCC(O)(c2ccc(Cl)cc2)C(C)(C)C1)C(C)C. The monoisotopic (exact) mass is 481 g/mol. The van der Waals surface area contributed by atoms with Crippen LogP contribution in [0.4, 0.5) is 4.79 Å². The third kappa shape index (κ3) is 6.18. The molecule has 0 aliphatic carbocycles. The molecule has 1 fully saturated rings. The number of carbonyl (C=O) groups excluding carboxylic acids is 3. The number of carbonyl (C=O) groups is 3. The molecule has 184 valence electrons. The van der Waals surface area contributed by atoms with Gasteiger partial charge in [-0.15, -0.1) is 0 Å². The van der Waals surface area contributed by atoms with E-state index in [-0.39, 0.29) is 18.4 Å². The van der Waals surface area contributed by atoms with E-state index in [1.165, 1.54) is 6.92 Å². The summed E-state index contributed by atoms with van der Waals surface area (Å²) in [6, 6.07) is 4.89. The first-order valence-corrected chi connectivity index (χ1v) is 11.7. The van der Waals surface area contributed by atoms with Gasteiger partial charge in [0.25, 0.3) is 0 Å². The van der Waals surface area contributed by atoms with E-state index in [0.717, 1.165) is 5.56 Å². The molecule has 0 radical (unpaired) electrons. The molecule has 1 heterocycles. The van der Waals surface area contributed by atoms with E-state index in [1.807, 2.05) is 39.8 Å². The summed E-state index contributed by atoms with van der Waals surface area (Å²) in [5, 5.41) is 17.4. The number of ether oxygens (including phenoxy) is 1. The predicted molar refractivity (Wildman–Crippen MR) is 127 cm³/mol. The molecule has 0 aromatic heterocycles. The van der Waals surface area contributed by atoms with Crippen molar-refractivity contribution in [2.24, 2.45) is 11.3 Å². The molecular formula is C24H36ClN3O5. The van der Waals surface area contributed by atoms with Crippen LogP contribution < -0.4 is 10.6 Å². The van der Waals surface area contributed by atoms with E-state index in [0.29, 0.717) is 24.5 Å². The summed E-state index contributed by atoms with van der Waals surface area (Å²) >= 11 is 6.00. The van der Waals surface area contributed by atoms with Crippen LogP contribution in [0.2, 0.25) is 5.02 Å². The number of halogens is 1. The Balaban J connectivity index is 2.11. The number of likely N-dealkylation sites (tertiary alicyclic amines) is 1. The first kappa shape index (κ1) is 26.9. The second-order valence-corrected chi connectivity index (χ2v) is 10.0. The van der Waals surface area contributed by atoms with Crippen LogP contribution in [0.25, 0.3) is 0 Å². The lowest BCUT2D eigenvalue weighted by Crippen LogP contribution is -2.61. The Morgan fingerprint density at radius 2 is 1.76 bits per heavy atom. The molecule has 3 N–H and O–H groups in total. The average Bonchev–Trinajstić information content (AvgIpc) is 2.73. The van der Waals surface area contributed by atoms with Crippen LogP contribution in [0.3, 0.4) is 0 Å². The molecule has 9 heteroatoms. The van der Waals surface area contributed by atoms with Crippen molar-refractivity contribution >= 4 is 29.5 Å². The molecule has 0 spiro atoms. The van der Waals surface area contributed by atoms with Crippen LogP contribution in [0.5, 0.6) is 0 Å². The number of piperidine rings is 1. The lowest BCUT2D eigenvalue weighted by atomic mass is 9.66. The van der Waals surface area contributed by atoms with Crippen LogP contribution >= 0.6 is 11.6 Å². The fourth-order valence-corrected chi connectivity index (χ4v) is 4.31. The third-order valence-electron chi connectivity index (χ3n) is 6.29. The minimum absolute atomic E-state index is 0.179. The molecule has 3 atom stereocenters. The molecule has 2 rings (SSSR count). The van der Waals surface area contributed by atoms with Crippen molar-refractivity contribution in [3.05, 3.63) is 34.9 Å². The van der Waals surface area contributed by atoms with Gasteiger partial charge in [0.1, 0.15) is 12.1 Å². The second-order valence-electron chi connectivity index (χ2n) is 9.57. The topological polar surface area (TPSA) is 108 Å². The fraction of sp³-hybridized carbons (Fsp3) is 0.625. The molecule has 3 amide bonds. The first-order chi connectivity index (χ1) is 15.3. The maximum absolute atomic E-state index is 13.4. The summed E-state index contributed by atoms with van der Waals surface area (Å²) in [5.41, 5.74) is -1.01. The fourth-order valence-electron chi connectivity index (χ4n) is 4.19. The van der Waals surface area contributed by atoms with E-state index in [2.05, 4.69) is 10.6 Å². The summed E-state index contributed by atoms with van der Waals surface area (Å²) < 4.78 is 4.90. The van der Waals surface area contributed by atoms with E-state index in [1.54, 1.807) is 24.0 Å². The van der Waals surface area contributed by atoms with Crippen molar-refractivity contribution in [3.8, 4) is 0 Å². The molecule has 1 aliphatic heterocycles. The molecular weight excluding hydrogens is 446 g/mol. The van der Waals surface area contributed by atoms with E-state index >= 15 is 0 Å². The zero-order chi connectivity index (χ0) is 25.0. The van der Waals surface area contributed by atoms with Crippen molar-refractivity contribution in [2.45, 2.75) is 65.6 Å². The second kappa shape index (κ2) is 10.7. The summed E-state index contributed by atoms with van der Waals surface area (Å²) in [4.78, 5) is 39.3. The van der Waals surface area contributed by atoms with Gasteiger partial charge >= 0.3 is 12.0 Å². The highest BCUT2D eigenvalue weighted by Crippen LogP contribution is 2.46. The van der Waals surface area contributed by atoms with Gasteiger partial charge in [-0.25, -0.2) is 9.59 Å². The van der Waals surface area contributed by atoms with Crippen LogP contribution in [-0.2, 0) is 19.9 Å². The van der Waals surface area contributed by atoms with Gasteiger partial charge in [0, 0.05) is 23.5 Å². The van der Waals surface area contributed by atoms with Crippen molar-refractivity contribution in [2.75, 3.05) is 19.7 Å². The number of rotatable bonds is 7. The summed E-state index contributed by atoms with van der Waals surface area (Å²) in [6.07, 6.45) is 0.351. The minimum atomic E-state index is -1.12. The van der Waals surface area contributed by atoms with E-state index < -0.39 is 35.1 Å². The van der Waals surface area contributed by atoms with Gasteiger partial charge in [0.15, 0.2) is 0 Å². The van der Waals surface area contributed by atoms with Crippen LogP contribution in [-0.4, -0.2) is 59.7 Å². The van der Waals surface area contributed by atoms with Crippen molar-refractivity contribution in [1.29, 1.82) is 0 Å². The van der Waals surface area contributed by atoms with Gasteiger partial charge in [0.05, 0.1) is 12.2 Å². The van der Waals surface area contributed by atoms with Gasteiger partial charge in [-0.05, 0) is 43.9 Å². The molecule has 1 aromatic carbocycles. The normalized spacial score (nSPS) is 21.8.